The quantitative estimate of drug-likeness (QED) is 0.771. The van der Waals surface area contributed by atoms with Gasteiger partial charge < -0.3 is 15.7 Å². The van der Waals surface area contributed by atoms with E-state index in [2.05, 4.69) is 31.5 Å². The van der Waals surface area contributed by atoms with Gasteiger partial charge in [0, 0.05) is 23.9 Å². The number of anilines is 1. The van der Waals surface area contributed by atoms with Crippen LogP contribution in [0.4, 0.5) is 10.5 Å². The van der Waals surface area contributed by atoms with E-state index in [0.717, 1.165) is 4.88 Å². The van der Waals surface area contributed by atoms with E-state index in [-0.39, 0.29) is 18.7 Å². The van der Waals surface area contributed by atoms with Crippen molar-refractivity contribution in [2.24, 2.45) is 0 Å². The molecule has 0 radical (unpaired) electrons. The number of hydrogen-bond acceptors (Lipinski definition) is 4. The number of pyridine rings is 1. The molecule has 0 fully saturated rings. The lowest BCUT2D eigenvalue weighted by atomic mass is 10.2. The minimum absolute atomic E-state index is 0.0157. The van der Waals surface area contributed by atoms with Crippen LogP contribution < -0.4 is 10.6 Å². The number of urea groups is 1. The molecule has 0 aliphatic rings. The summed E-state index contributed by atoms with van der Waals surface area (Å²) >= 11 is 4.87. The molecule has 0 spiro atoms. The molecule has 2 heterocycles. The average molecular weight is 356 g/mol. The number of rotatable bonds is 5. The van der Waals surface area contributed by atoms with Crippen LogP contribution in [0.1, 0.15) is 17.3 Å². The van der Waals surface area contributed by atoms with Crippen molar-refractivity contribution in [3.63, 3.8) is 0 Å². The zero-order chi connectivity index (χ0) is 14.4. The van der Waals surface area contributed by atoms with Crippen LogP contribution in [0.3, 0.4) is 0 Å². The van der Waals surface area contributed by atoms with E-state index in [1.54, 1.807) is 29.8 Å². The van der Waals surface area contributed by atoms with Gasteiger partial charge >= 0.3 is 6.03 Å². The zero-order valence-corrected chi connectivity index (χ0v) is 12.9. The topological polar surface area (TPSA) is 74.2 Å². The summed E-state index contributed by atoms with van der Waals surface area (Å²) in [6, 6.07) is 5.05. The highest BCUT2D eigenvalue weighted by atomic mass is 79.9. The zero-order valence-electron chi connectivity index (χ0n) is 10.5. The molecule has 2 rings (SSSR count). The number of amides is 2. The van der Waals surface area contributed by atoms with Crippen molar-refractivity contribution in [2.75, 3.05) is 11.9 Å². The summed E-state index contributed by atoms with van der Waals surface area (Å²) < 4.78 is 0.713. The summed E-state index contributed by atoms with van der Waals surface area (Å²) in [5.41, 5.74) is 0.645. The van der Waals surface area contributed by atoms with Crippen molar-refractivity contribution in [3.05, 3.63) is 45.3 Å². The van der Waals surface area contributed by atoms with Crippen molar-refractivity contribution < 1.29 is 9.90 Å². The fourth-order valence-corrected chi connectivity index (χ4v) is 2.86. The highest BCUT2D eigenvalue weighted by Crippen LogP contribution is 2.23. The second kappa shape index (κ2) is 7.37. The lowest BCUT2D eigenvalue weighted by molar-refractivity contribution is 0.239. The van der Waals surface area contributed by atoms with Gasteiger partial charge in [-0.25, -0.2) is 4.79 Å². The van der Waals surface area contributed by atoms with Crippen LogP contribution in [-0.2, 0) is 0 Å². The molecule has 2 aromatic heterocycles. The Morgan fingerprint density at radius 3 is 3.00 bits per heavy atom. The maximum atomic E-state index is 12.0. The number of hydrogen-bond donors (Lipinski definition) is 3. The van der Waals surface area contributed by atoms with Crippen LogP contribution in [0.15, 0.2) is 40.4 Å². The Labute approximate surface area is 129 Å². The second-order valence-corrected chi connectivity index (χ2v) is 5.87. The third-order valence-electron chi connectivity index (χ3n) is 2.63. The first-order chi connectivity index (χ1) is 9.70. The second-order valence-electron chi connectivity index (χ2n) is 4.03. The summed E-state index contributed by atoms with van der Waals surface area (Å²) in [5.74, 6) is 0. The van der Waals surface area contributed by atoms with Gasteiger partial charge in [0.1, 0.15) is 0 Å². The van der Waals surface area contributed by atoms with Gasteiger partial charge in [0.25, 0.3) is 0 Å². The minimum atomic E-state index is -0.316. The van der Waals surface area contributed by atoms with E-state index >= 15 is 0 Å². The van der Waals surface area contributed by atoms with Crippen LogP contribution in [0.5, 0.6) is 0 Å². The van der Waals surface area contributed by atoms with Gasteiger partial charge in [0.15, 0.2) is 0 Å². The van der Waals surface area contributed by atoms with E-state index in [4.69, 9.17) is 5.11 Å². The van der Waals surface area contributed by atoms with Crippen molar-refractivity contribution in [1.82, 2.24) is 10.3 Å². The van der Waals surface area contributed by atoms with Crippen LogP contribution in [0, 0.1) is 0 Å². The molecular formula is C13H14BrN3O2S. The fourth-order valence-electron chi connectivity index (χ4n) is 1.70. The van der Waals surface area contributed by atoms with Crippen molar-refractivity contribution in [1.29, 1.82) is 0 Å². The first-order valence-electron chi connectivity index (χ1n) is 6.02. The molecule has 106 valence electrons. The third-order valence-corrected chi connectivity index (χ3v) is 4.25. The SMILES string of the molecule is O=C(Nc1ccncc1Br)NC(CCO)c1cccs1. The molecule has 0 aliphatic carbocycles. The molecule has 0 aliphatic heterocycles. The molecular weight excluding hydrogens is 342 g/mol. The summed E-state index contributed by atoms with van der Waals surface area (Å²) in [7, 11) is 0. The lowest BCUT2D eigenvalue weighted by Crippen LogP contribution is -2.32. The molecule has 0 saturated heterocycles. The van der Waals surface area contributed by atoms with Crippen LogP contribution in [0.25, 0.3) is 0 Å². The molecule has 1 unspecified atom stereocenters. The Kier molecular flexibility index (Phi) is 5.51. The van der Waals surface area contributed by atoms with Crippen LogP contribution >= 0.6 is 27.3 Å². The number of aliphatic hydroxyl groups is 1. The molecule has 20 heavy (non-hydrogen) atoms. The summed E-state index contributed by atoms with van der Waals surface area (Å²) in [5, 5.41) is 16.6. The Bertz CT molecular complexity index is 563. The van der Waals surface area contributed by atoms with E-state index in [1.807, 2.05) is 17.5 Å². The molecule has 7 heteroatoms. The number of nitrogens with one attached hydrogen (secondary N) is 2. The number of halogens is 1. The van der Waals surface area contributed by atoms with Crippen molar-refractivity contribution in [3.8, 4) is 0 Å². The van der Waals surface area contributed by atoms with E-state index in [0.29, 0.717) is 16.6 Å². The lowest BCUT2D eigenvalue weighted by Gasteiger charge is -2.17. The average Bonchev–Trinajstić information content (AvgIpc) is 2.95. The Hall–Kier alpha value is -1.44. The van der Waals surface area contributed by atoms with Gasteiger partial charge in [-0.05, 0) is 39.9 Å². The number of thiophene rings is 1. The molecule has 0 aromatic carbocycles. The number of carbonyl (C=O) groups is 1. The number of carbonyl (C=O) groups excluding carboxylic acids is 1. The highest BCUT2D eigenvalue weighted by Gasteiger charge is 2.15. The highest BCUT2D eigenvalue weighted by molar-refractivity contribution is 9.10. The predicted octanol–water partition coefficient (Wildman–Crippen LogP) is 3.15. The molecule has 1 atom stereocenters. The van der Waals surface area contributed by atoms with Gasteiger partial charge in [0.05, 0.1) is 16.2 Å². The van der Waals surface area contributed by atoms with E-state index in [9.17, 15) is 4.79 Å². The minimum Gasteiger partial charge on any atom is -0.396 e. The summed E-state index contributed by atoms with van der Waals surface area (Å²) in [6.07, 6.45) is 3.69. The van der Waals surface area contributed by atoms with E-state index < -0.39 is 0 Å². The first-order valence-corrected chi connectivity index (χ1v) is 7.69. The number of nitrogens with zero attached hydrogens (tertiary/aromatic N) is 1. The van der Waals surface area contributed by atoms with Crippen LogP contribution in [0.2, 0.25) is 0 Å². The van der Waals surface area contributed by atoms with Gasteiger partial charge in [-0.15, -0.1) is 11.3 Å². The molecule has 0 bridgehead atoms. The van der Waals surface area contributed by atoms with Gasteiger partial charge in [-0.2, -0.15) is 0 Å². The maximum Gasteiger partial charge on any atom is 0.319 e. The van der Waals surface area contributed by atoms with Gasteiger partial charge in [-0.3, -0.25) is 4.98 Å². The molecule has 2 amide bonds. The smallest absolute Gasteiger partial charge is 0.319 e. The Morgan fingerprint density at radius 1 is 1.50 bits per heavy atom. The molecule has 3 N–H and O–H groups in total. The first kappa shape index (κ1) is 15.0. The Morgan fingerprint density at radius 2 is 2.35 bits per heavy atom. The van der Waals surface area contributed by atoms with Crippen molar-refractivity contribution in [2.45, 2.75) is 12.5 Å². The summed E-state index contributed by atoms with van der Waals surface area (Å²) in [6.45, 7) is 0.0157. The molecule has 2 aromatic rings. The summed E-state index contributed by atoms with van der Waals surface area (Å²) in [4.78, 5) is 17.0. The third kappa shape index (κ3) is 4.03. The number of aliphatic hydroxyl groups excluding tert-OH is 1. The van der Waals surface area contributed by atoms with E-state index in [1.165, 1.54) is 0 Å². The van der Waals surface area contributed by atoms with Gasteiger partial charge in [-0.1, -0.05) is 6.07 Å². The van der Waals surface area contributed by atoms with Crippen LogP contribution in [-0.4, -0.2) is 22.7 Å². The largest absolute Gasteiger partial charge is 0.396 e. The standard InChI is InChI=1S/C13H14BrN3O2S/c14-9-8-15-5-3-10(9)16-13(19)17-11(4-6-18)12-2-1-7-20-12/h1-3,5,7-8,11,18H,4,6H2,(H2,15,16,17,19). The maximum absolute atomic E-state index is 12.0. The van der Waals surface area contributed by atoms with Gasteiger partial charge in [0.2, 0.25) is 0 Å². The normalized spacial score (nSPS) is 11.9. The molecule has 0 saturated carbocycles. The molecule has 5 nitrogen and oxygen atoms in total. The number of aromatic nitrogens is 1. The monoisotopic (exact) mass is 355 g/mol. The van der Waals surface area contributed by atoms with Crippen molar-refractivity contribution >= 4 is 39.0 Å². The Balaban J connectivity index is 2.00. The fraction of sp³-hybridized carbons (Fsp3) is 0.231. The predicted molar refractivity (Wildman–Crippen MR) is 82.9 cm³/mol.